The molecule has 18 heavy (non-hydrogen) atoms. The molecule has 2 aliphatic rings. The smallest absolute Gasteiger partial charge is 0.246 e. The second-order valence-electron chi connectivity index (χ2n) is 5.62. The quantitative estimate of drug-likeness (QED) is 0.793. The number of nitrogens with one attached hydrogen (secondary N) is 1. The van der Waals surface area contributed by atoms with Gasteiger partial charge in [0.05, 0.1) is 13.2 Å². The van der Waals surface area contributed by atoms with E-state index >= 15 is 0 Å². The molecule has 102 valence electrons. The molecule has 1 N–H and O–H groups in total. The molecule has 3 unspecified atom stereocenters. The Hall–Kier alpha value is -1.10. The Labute approximate surface area is 108 Å². The molecule has 0 radical (unpaired) electrons. The van der Waals surface area contributed by atoms with Crippen LogP contribution in [-0.4, -0.2) is 48.6 Å². The maximum atomic E-state index is 12.4. The number of ether oxygens (including phenoxy) is 1. The number of amides is 2. The molecule has 2 fully saturated rings. The van der Waals surface area contributed by atoms with Crippen LogP contribution in [0.3, 0.4) is 0 Å². The van der Waals surface area contributed by atoms with E-state index in [1.54, 1.807) is 4.90 Å². The summed E-state index contributed by atoms with van der Waals surface area (Å²) in [5.74, 6) is 0.465. The van der Waals surface area contributed by atoms with E-state index in [4.69, 9.17) is 4.74 Å². The minimum absolute atomic E-state index is 0.0454. The summed E-state index contributed by atoms with van der Waals surface area (Å²) in [5.41, 5.74) is 0. The van der Waals surface area contributed by atoms with Crippen molar-refractivity contribution in [1.82, 2.24) is 10.2 Å². The third kappa shape index (κ3) is 2.51. The molecule has 5 nitrogen and oxygen atoms in total. The first-order valence-corrected chi connectivity index (χ1v) is 6.68. The van der Waals surface area contributed by atoms with Gasteiger partial charge in [0.1, 0.15) is 6.04 Å². The minimum atomic E-state index is -0.379. The minimum Gasteiger partial charge on any atom is -0.381 e. The van der Waals surface area contributed by atoms with Gasteiger partial charge in [-0.05, 0) is 19.3 Å². The molecule has 2 rings (SSSR count). The van der Waals surface area contributed by atoms with Gasteiger partial charge in [-0.15, -0.1) is 0 Å². The van der Waals surface area contributed by atoms with Gasteiger partial charge in [-0.2, -0.15) is 0 Å². The van der Waals surface area contributed by atoms with Crippen molar-refractivity contribution in [3.05, 3.63) is 0 Å². The Morgan fingerprint density at radius 2 is 2.06 bits per heavy atom. The molecule has 0 bridgehead atoms. The molecule has 3 atom stereocenters. The summed E-state index contributed by atoms with van der Waals surface area (Å²) in [6, 6.07) is -0.302. The molecular weight excluding hydrogens is 232 g/mol. The lowest BCUT2D eigenvalue weighted by atomic mass is 9.94. The van der Waals surface area contributed by atoms with Gasteiger partial charge in [0.2, 0.25) is 11.8 Å². The summed E-state index contributed by atoms with van der Waals surface area (Å²) in [4.78, 5) is 25.8. The molecule has 2 saturated heterocycles. The van der Waals surface area contributed by atoms with Gasteiger partial charge in [-0.1, -0.05) is 13.8 Å². The van der Waals surface area contributed by atoms with Crippen molar-refractivity contribution in [2.45, 2.75) is 39.3 Å². The van der Waals surface area contributed by atoms with Gasteiger partial charge in [-0.3, -0.25) is 9.59 Å². The van der Waals surface area contributed by atoms with E-state index in [9.17, 15) is 9.59 Å². The molecule has 0 saturated carbocycles. The number of hydrogen-bond donors (Lipinski definition) is 1. The molecule has 0 aromatic carbocycles. The van der Waals surface area contributed by atoms with Crippen LogP contribution < -0.4 is 5.32 Å². The first kappa shape index (κ1) is 13.3. The number of hydrogen-bond acceptors (Lipinski definition) is 3. The van der Waals surface area contributed by atoms with E-state index < -0.39 is 0 Å². The fourth-order valence-electron chi connectivity index (χ4n) is 2.68. The molecule has 0 aromatic heterocycles. The molecular formula is C13H22N2O3. The summed E-state index contributed by atoms with van der Waals surface area (Å²) in [5, 5.41) is 2.78. The molecule has 0 aliphatic carbocycles. The fourth-order valence-corrected chi connectivity index (χ4v) is 2.68. The summed E-state index contributed by atoms with van der Waals surface area (Å²) >= 11 is 0. The lowest BCUT2D eigenvalue weighted by Crippen LogP contribution is -2.62. The zero-order valence-electron chi connectivity index (χ0n) is 11.3. The molecule has 0 spiro atoms. The molecule has 2 amide bonds. The van der Waals surface area contributed by atoms with Crippen molar-refractivity contribution in [2.24, 2.45) is 11.8 Å². The molecule has 2 aliphatic heterocycles. The van der Waals surface area contributed by atoms with Gasteiger partial charge in [0, 0.05) is 18.6 Å². The molecule has 2 heterocycles. The van der Waals surface area contributed by atoms with Crippen molar-refractivity contribution in [3.8, 4) is 0 Å². The summed E-state index contributed by atoms with van der Waals surface area (Å²) in [6.45, 7) is 7.56. The first-order chi connectivity index (χ1) is 8.50. The lowest BCUT2D eigenvalue weighted by Gasteiger charge is -2.39. The summed E-state index contributed by atoms with van der Waals surface area (Å²) in [6.07, 6.45) is 0.971. The Balaban J connectivity index is 2.10. The van der Waals surface area contributed by atoms with Crippen LogP contribution in [-0.2, 0) is 14.3 Å². The second-order valence-corrected chi connectivity index (χ2v) is 5.62. The Kier molecular flexibility index (Phi) is 3.90. The van der Waals surface area contributed by atoms with Crippen LogP contribution in [0.15, 0.2) is 0 Å². The predicted molar refractivity (Wildman–Crippen MR) is 66.9 cm³/mol. The highest BCUT2D eigenvalue weighted by atomic mass is 16.5. The largest absolute Gasteiger partial charge is 0.381 e. The van der Waals surface area contributed by atoms with E-state index in [1.807, 2.05) is 20.8 Å². The van der Waals surface area contributed by atoms with Crippen LogP contribution in [0.1, 0.15) is 27.2 Å². The lowest BCUT2D eigenvalue weighted by molar-refractivity contribution is -0.148. The van der Waals surface area contributed by atoms with Gasteiger partial charge in [-0.25, -0.2) is 0 Å². The van der Waals surface area contributed by atoms with Crippen LogP contribution in [0.2, 0.25) is 0 Å². The van der Waals surface area contributed by atoms with Crippen LogP contribution in [0.4, 0.5) is 0 Å². The van der Waals surface area contributed by atoms with Gasteiger partial charge >= 0.3 is 0 Å². The number of nitrogens with zero attached hydrogens (tertiary/aromatic N) is 1. The fraction of sp³-hybridized carbons (Fsp3) is 0.846. The third-order valence-corrected chi connectivity index (χ3v) is 3.98. The van der Waals surface area contributed by atoms with Gasteiger partial charge < -0.3 is 15.0 Å². The van der Waals surface area contributed by atoms with Gasteiger partial charge in [0.25, 0.3) is 0 Å². The SMILES string of the molecule is CC(C)C1NC(=O)CN(C(C)C2CCOC2)C1=O. The molecule has 0 aromatic rings. The van der Waals surface area contributed by atoms with Crippen molar-refractivity contribution in [2.75, 3.05) is 19.8 Å². The number of carbonyl (C=O) groups is 2. The van der Waals surface area contributed by atoms with Crippen molar-refractivity contribution < 1.29 is 14.3 Å². The highest BCUT2D eigenvalue weighted by Gasteiger charge is 2.39. The van der Waals surface area contributed by atoms with Gasteiger partial charge in [0.15, 0.2) is 0 Å². The van der Waals surface area contributed by atoms with Crippen LogP contribution >= 0.6 is 0 Å². The second kappa shape index (κ2) is 5.26. The van der Waals surface area contributed by atoms with Crippen molar-refractivity contribution >= 4 is 11.8 Å². The maximum absolute atomic E-state index is 12.4. The molecule has 5 heteroatoms. The van der Waals surface area contributed by atoms with E-state index in [0.29, 0.717) is 12.5 Å². The average Bonchev–Trinajstić information content (AvgIpc) is 2.84. The first-order valence-electron chi connectivity index (χ1n) is 6.68. The standard InChI is InChI=1S/C13H22N2O3/c1-8(2)12-13(17)15(6-11(16)14-12)9(3)10-4-5-18-7-10/h8-10,12H,4-7H2,1-3H3,(H,14,16). The normalized spacial score (nSPS) is 30.8. The Morgan fingerprint density at radius 3 is 2.61 bits per heavy atom. The van der Waals surface area contributed by atoms with Crippen molar-refractivity contribution in [1.29, 1.82) is 0 Å². The van der Waals surface area contributed by atoms with Crippen molar-refractivity contribution in [3.63, 3.8) is 0 Å². The average molecular weight is 254 g/mol. The maximum Gasteiger partial charge on any atom is 0.246 e. The topological polar surface area (TPSA) is 58.6 Å². The van der Waals surface area contributed by atoms with E-state index in [1.165, 1.54) is 0 Å². The van der Waals surface area contributed by atoms with E-state index in [2.05, 4.69) is 5.32 Å². The third-order valence-electron chi connectivity index (χ3n) is 3.98. The van der Waals surface area contributed by atoms with Crippen LogP contribution in [0.5, 0.6) is 0 Å². The van der Waals surface area contributed by atoms with E-state index in [-0.39, 0.29) is 36.4 Å². The monoisotopic (exact) mass is 254 g/mol. The van der Waals surface area contributed by atoms with Crippen LogP contribution in [0, 0.1) is 11.8 Å². The van der Waals surface area contributed by atoms with Crippen LogP contribution in [0.25, 0.3) is 0 Å². The highest BCUT2D eigenvalue weighted by Crippen LogP contribution is 2.23. The zero-order valence-corrected chi connectivity index (χ0v) is 11.3. The Bertz CT molecular complexity index is 337. The predicted octanol–water partition coefficient (Wildman–Crippen LogP) is 0.394. The highest BCUT2D eigenvalue weighted by molar-refractivity contribution is 5.95. The Morgan fingerprint density at radius 1 is 1.33 bits per heavy atom. The number of piperazine rings is 1. The zero-order chi connectivity index (χ0) is 13.3. The van der Waals surface area contributed by atoms with E-state index in [0.717, 1.165) is 13.0 Å². The summed E-state index contributed by atoms with van der Waals surface area (Å²) in [7, 11) is 0. The number of carbonyl (C=O) groups excluding carboxylic acids is 2. The number of rotatable bonds is 3. The summed E-state index contributed by atoms with van der Waals surface area (Å²) < 4.78 is 5.37.